The topological polar surface area (TPSA) is 67.4 Å². The number of ether oxygens (including phenoxy) is 1. The molecule has 2 amide bonds. The van der Waals surface area contributed by atoms with Crippen LogP contribution in [-0.2, 0) is 21.4 Å². The van der Waals surface area contributed by atoms with Gasteiger partial charge in [-0.05, 0) is 35.1 Å². The monoisotopic (exact) mass is 352 g/mol. The van der Waals surface area contributed by atoms with Gasteiger partial charge in [-0.2, -0.15) is 0 Å². The maximum absolute atomic E-state index is 12.3. The lowest BCUT2D eigenvalue weighted by molar-refractivity contribution is -0.118. The molecular weight excluding hydrogens is 328 g/mol. The summed E-state index contributed by atoms with van der Waals surface area (Å²) in [5.74, 6) is 0.230. The molecule has 0 spiro atoms. The number of para-hydroxylation sites is 1. The van der Waals surface area contributed by atoms with E-state index < -0.39 is 0 Å². The van der Waals surface area contributed by atoms with Crippen molar-refractivity contribution in [3.63, 3.8) is 0 Å². The third kappa shape index (κ3) is 4.23. The Balaban J connectivity index is 1.60. The summed E-state index contributed by atoms with van der Waals surface area (Å²) in [4.78, 5) is 23.7. The van der Waals surface area contributed by atoms with Gasteiger partial charge in [0.15, 0.2) is 12.4 Å². The smallest absolute Gasteiger partial charge is 0.262 e. The van der Waals surface area contributed by atoms with Gasteiger partial charge in [0.05, 0.1) is 11.4 Å². The molecule has 0 saturated heterocycles. The van der Waals surface area contributed by atoms with E-state index in [4.69, 9.17) is 4.74 Å². The van der Waals surface area contributed by atoms with Gasteiger partial charge in [0.1, 0.15) is 0 Å². The zero-order chi connectivity index (χ0) is 18.7. The van der Waals surface area contributed by atoms with Crippen LogP contribution in [0.5, 0.6) is 5.75 Å². The summed E-state index contributed by atoms with van der Waals surface area (Å²) in [6, 6.07) is 13.7. The summed E-state index contributed by atoms with van der Waals surface area (Å²) < 4.78 is 5.45. The number of benzene rings is 2. The van der Waals surface area contributed by atoms with Crippen LogP contribution in [0.1, 0.15) is 38.3 Å². The minimum absolute atomic E-state index is 0.0417. The lowest BCUT2D eigenvalue weighted by Crippen LogP contribution is -2.26. The van der Waals surface area contributed by atoms with Crippen molar-refractivity contribution in [1.82, 2.24) is 0 Å². The van der Waals surface area contributed by atoms with Crippen LogP contribution in [0.25, 0.3) is 0 Å². The number of amides is 2. The maximum atomic E-state index is 12.3. The van der Waals surface area contributed by atoms with E-state index in [0.29, 0.717) is 30.0 Å². The number of rotatable bonds is 4. The van der Waals surface area contributed by atoms with Gasteiger partial charge in [-0.1, -0.05) is 51.1 Å². The number of aryl methyl sites for hydroxylation is 1. The Bertz CT molecular complexity index is 820. The summed E-state index contributed by atoms with van der Waals surface area (Å²) >= 11 is 0. The minimum Gasteiger partial charge on any atom is -0.479 e. The van der Waals surface area contributed by atoms with Crippen LogP contribution in [0.15, 0.2) is 42.5 Å². The summed E-state index contributed by atoms with van der Waals surface area (Å²) in [5.41, 5.74) is 3.69. The molecule has 26 heavy (non-hydrogen) atoms. The van der Waals surface area contributed by atoms with Crippen molar-refractivity contribution >= 4 is 23.2 Å². The molecule has 0 unspecified atom stereocenters. The highest BCUT2D eigenvalue weighted by atomic mass is 16.5. The molecule has 0 aromatic heterocycles. The van der Waals surface area contributed by atoms with Crippen LogP contribution in [0.3, 0.4) is 0 Å². The van der Waals surface area contributed by atoms with Crippen molar-refractivity contribution in [3.8, 4) is 5.75 Å². The third-order valence-electron chi connectivity index (χ3n) is 4.37. The Kier molecular flexibility index (Phi) is 4.98. The normalized spacial score (nSPS) is 13.4. The van der Waals surface area contributed by atoms with Crippen LogP contribution in [0.4, 0.5) is 11.4 Å². The Morgan fingerprint density at radius 1 is 1.15 bits per heavy atom. The van der Waals surface area contributed by atoms with Crippen LogP contribution in [0, 0.1) is 0 Å². The molecule has 0 aliphatic carbocycles. The highest BCUT2D eigenvalue weighted by Gasteiger charge is 2.20. The second-order valence-corrected chi connectivity index (χ2v) is 7.51. The summed E-state index contributed by atoms with van der Waals surface area (Å²) in [7, 11) is 0. The second kappa shape index (κ2) is 7.20. The predicted molar refractivity (Wildman–Crippen MR) is 103 cm³/mol. The first-order valence-electron chi connectivity index (χ1n) is 8.78. The SMILES string of the molecule is CC(C)(C)c1ccc(CCC(=O)Nc2cccc3c2OCC(=O)N3)cc1. The van der Waals surface area contributed by atoms with Crippen LogP contribution in [0.2, 0.25) is 0 Å². The van der Waals surface area contributed by atoms with E-state index in [-0.39, 0.29) is 23.8 Å². The van der Waals surface area contributed by atoms with Crippen molar-refractivity contribution < 1.29 is 14.3 Å². The molecule has 1 aliphatic rings. The highest BCUT2D eigenvalue weighted by Crippen LogP contribution is 2.35. The molecule has 1 heterocycles. The largest absolute Gasteiger partial charge is 0.479 e. The van der Waals surface area contributed by atoms with Crippen molar-refractivity contribution in [2.24, 2.45) is 0 Å². The average Bonchev–Trinajstić information content (AvgIpc) is 2.59. The Morgan fingerprint density at radius 3 is 2.58 bits per heavy atom. The maximum Gasteiger partial charge on any atom is 0.262 e. The Labute approximate surface area is 153 Å². The average molecular weight is 352 g/mol. The van der Waals surface area contributed by atoms with Gasteiger partial charge < -0.3 is 15.4 Å². The van der Waals surface area contributed by atoms with Crippen LogP contribution in [-0.4, -0.2) is 18.4 Å². The molecule has 2 aromatic rings. The van der Waals surface area contributed by atoms with E-state index in [1.54, 1.807) is 18.2 Å². The number of nitrogens with one attached hydrogen (secondary N) is 2. The number of hydrogen-bond acceptors (Lipinski definition) is 3. The van der Waals surface area contributed by atoms with E-state index >= 15 is 0 Å². The zero-order valence-electron chi connectivity index (χ0n) is 15.4. The molecular formula is C21H24N2O3. The second-order valence-electron chi connectivity index (χ2n) is 7.51. The molecule has 2 aromatic carbocycles. The quantitative estimate of drug-likeness (QED) is 0.877. The Hall–Kier alpha value is -2.82. The molecule has 5 nitrogen and oxygen atoms in total. The van der Waals surface area contributed by atoms with Gasteiger partial charge in [-0.3, -0.25) is 9.59 Å². The van der Waals surface area contributed by atoms with Crippen LogP contribution < -0.4 is 15.4 Å². The lowest BCUT2D eigenvalue weighted by Gasteiger charge is -2.21. The molecule has 3 rings (SSSR count). The lowest BCUT2D eigenvalue weighted by atomic mass is 9.86. The first-order valence-corrected chi connectivity index (χ1v) is 8.78. The first-order chi connectivity index (χ1) is 12.3. The van der Waals surface area contributed by atoms with Gasteiger partial charge in [0.2, 0.25) is 5.91 Å². The van der Waals surface area contributed by atoms with E-state index in [1.165, 1.54) is 5.56 Å². The molecule has 0 radical (unpaired) electrons. The summed E-state index contributed by atoms with van der Waals surface area (Å²) in [6.45, 7) is 6.50. The van der Waals surface area contributed by atoms with Gasteiger partial charge in [-0.25, -0.2) is 0 Å². The summed E-state index contributed by atoms with van der Waals surface area (Å²) in [6.07, 6.45) is 1.05. The highest BCUT2D eigenvalue weighted by molar-refractivity contribution is 5.99. The first kappa shape index (κ1) is 18.0. The summed E-state index contributed by atoms with van der Waals surface area (Å²) in [5, 5.41) is 5.61. The van der Waals surface area contributed by atoms with Crippen molar-refractivity contribution in [1.29, 1.82) is 0 Å². The molecule has 5 heteroatoms. The fraction of sp³-hybridized carbons (Fsp3) is 0.333. The number of carbonyl (C=O) groups excluding carboxylic acids is 2. The molecule has 1 aliphatic heterocycles. The zero-order valence-corrected chi connectivity index (χ0v) is 15.4. The number of anilines is 2. The standard InChI is InChI=1S/C21H24N2O3/c1-21(2,3)15-10-7-14(8-11-15)9-12-18(24)22-16-5-4-6-17-20(16)26-13-19(25)23-17/h4-8,10-11H,9,12-13H2,1-3H3,(H,22,24)(H,23,25). The van der Waals surface area contributed by atoms with Gasteiger partial charge in [0, 0.05) is 6.42 Å². The van der Waals surface area contributed by atoms with Crippen molar-refractivity contribution in [3.05, 3.63) is 53.6 Å². The van der Waals surface area contributed by atoms with Crippen molar-refractivity contribution in [2.75, 3.05) is 17.2 Å². The van der Waals surface area contributed by atoms with Crippen molar-refractivity contribution in [2.45, 2.75) is 39.0 Å². The van der Waals surface area contributed by atoms with Gasteiger partial charge in [0.25, 0.3) is 5.91 Å². The van der Waals surface area contributed by atoms with E-state index in [1.807, 2.05) is 0 Å². The fourth-order valence-electron chi connectivity index (χ4n) is 2.86. The molecule has 0 fully saturated rings. The number of fused-ring (bicyclic) bond motifs is 1. The number of hydrogen-bond donors (Lipinski definition) is 2. The fourth-order valence-corrected chi connectivity index (χ4v) is 2.86. The van der Waals surface area contributed by atoms with Gasteiger partial charge in [-0.15, -0.1) is 0 Å². The van der Waals surface area contributed by atoms with E-state index in [2.05, 4.69) is 55.7 Å². The van der Waals surface area contributed by atoms with E-state index in [9.17, 15) is 9.59 Å². The van der Waals surface area contributed by atoms with Gasteiger partial charge >= 0.3 is 0 Å². The minimum atomic E-state index is -0.195. The predicted octanol–water partition coefficient (Wildman–Crippen LogP) is 3.89. The Morgan fingerprint density at radius 2 is 1.88 bits per heavy atom. The number of carbonyl (C=O) groups is 2. The third-order valence-corrected chi connectivity index (χ3v) is 4.37. The van der Waals surface area contributed by atoms with E-state index in [0.717, 1.165) is 5.56 Å². The molecule has 0 atom stereocenters. The van der Waals surface area contributed by atoms with Crippen LogP contribution >= 0.6 is 0 Å². The molecule has 0 bridgehead atoms. The molecule has 2 N–H and O–H groups in total. The molecule has 136 valence electrons. The molecule has 0 saturated carbocycles.